The first-order chi connectivity index (χ1) is 11.5. The van der Waals surface area contributed by atoms with Crippen LogP contribution in [0.5, 0.6) is 0 Å². The van der Waals surface area contributed by atoms with Gasteiger partial charge in [0, 0.05) is 5.69 Å². The van der Waals surface area contributed by atoms with Crippen molar-refractivity contribution < 1.29 is 23.5 Å². The highest BCUT2D eigenvalue weighted by Crippen LogP contribution is 2.13. The van der Waals surface area contributed by atoms with Crippen molar-refractivity contribution in [3.8, 4) is 0 Å². The summed E-state index contributed by atoms with van der Waals surface area (Å²) in [6.45, 7) is 0.736. The highest BCUT2D eigenvalue weighted by atomic mass is 32.1. The molecule has 126 valence electrons. The number of hydrogen-bond acceptors (Lipinski definition) is 5. The minimum Gasteiger partial charge on any atom is -0.454 e. The minimum atomic E-state index is -0.745. The van der Waals surface area contributed by atoms with Gasteiger partial charge in [-0.05, 0) is 36.1 Å². The smallest absolute Gasteiger partial charge is 0.325 e. The molecule has 8 heteroatoms. The van der Waals surface area contributed by atoms with Gasteiger partial charge in [-0.15, -0.1) is 11.3 Å². The van der Waals surface area contributed by atoms with E-state index in [0.717, 1.165) is 0 Å². The van der Waals surface area contributed by atoms with Crippen molar-refractivity contribution in [3.63, 3.8) is 0 Å². The van der Waals surface area contributed by atoms with Gasteiger partial charge in [0.2, 0.25) is 0 Å². The van der Waals surface area contributed by atoms with Crippen LogP contribution in [0.2, 0.25) is 0 Å². The molecule has 24 heavy (non-hydrogen) atoms. The second kappa shape index (κ2) is 8.21. The van der Waals surface area contributed by atoms with Gasteiger partial charge in [-0.1, -0.05) is 12.1 Å². The molecule has 2 rings (SSSR count). The maximum atomic E-state index is 13.4. The first-order valence-electron chi connectivity index (χ1n) is 6.99. The van der Waals surface area contributed by atoms with Crippen LogP contribution in [0.15, 0.2) is 35.7 Å². The Morgan fingerprint density at radius 3 is 2.71 bits per heavy atom. The van der Waals surface area contributed by atoms with E-state index < -0.39 is 24.3 Å². The molecule has 0 aliphatic rings. The van der Waals surface area contributed by atoms with Gasteiger partial charge in [0.1, 0.15) is 12.4 Å². The van der Waals surface area contributed by atoms with E-state index in [1.165, 1.54) is 23.5 Å². The Hall–Kier alpha value is -2.74. The van der Waals surface area contributed by atoms with E-state index in [1.54, 1.807) is 30.5 Å². The van der Waals surface area contributed by atoms with Crippen molar-refractivity contribution in [1.29, 1.82) is 0 Å². The van der Waals surface area contributed by atoms with E-state index in [9.17, 15) is 18.8 Å². The number of amides is 2. The number of aryl methyl sites for hydroxylation is 1. The van der Waals surface area contributed by atoms with Gasteiger partial charge in [0.05, 0.1) is 4.88 Å². The van der Waals surface area contributed by atoms with Gasteiger partial charge in [-0.3, -0.25) is 14.4 Å². The second-order valence-electron chi connectivity index (χ2n) is 4.83. The fourth-order valence-corrected chi connectivity index (χ4v) is 2.35. The molecule has 0 saturated carbocycles. The zero-order valence-electron chi connectivity index (χ0n) is 12.8. The molecule has 0 radical (unpaired) electrons. The van der Waals surface area contributed by atoms with Crippen molar-refractivity contribution in [1.82, 2.24) is 5.32 Å². The number of rotatable bonds is 6. The van der Waals surface area contributed by atoms with Crippen molar-refractivity contribution >= 4 is 34.8 Å². The molecule has 0 aliphatic carbocycles. The molecule has 2 aromatic rings. The average Bonchev–Trinajstić information content (AvgIpc) is 3.08. The summed E-state index contributed by atoms with van der Waals surface area (Å²) >= 11 is 1.25. The third-order valence-corrected chi connectivity index (χ3v) is 3.83. The van der Waals surface area contributed by atoms with E-state index in [0.29, 0.717) is 10.4 Å². The highest BCUT2D eigenvalue weighted by molar-refractivity contribution is 7.12. The molecule has 1 heterocycles. The van der Waals surface area contributed by atoms with Gasteiger partial charge in [-0.25, -0.2) is 4.39 Å². The standard InChI is InChI=1S/C16H15FN2O4S/c1-10-4-5-11(7-12(10)17)19-14(20)9-23-15(21)8-18-16(22)13-3-2-6-24-13/h2-7H,8-9H2,1H3,(H,18,22)(H,19,20). The Morgan fingerprint density at radius 1 is 1.25 bits per heavy atom. The van der Waals surface area contributed by atoms with Crippen LogP contribution < -0.4 is 10.6 Å². The predicted molar refractivity (Wildman–Crippen MR) is 87.4 cm³/mol. The molecule has 0 spiro atoms. The zero-order chi connectivity index (χ0) is 17.5. The number of hydrogen-bond donors (Lipinski definition) is 2. The molecule has 1 aromatic heterocycles. The van der Waals surface area contributed by atoms with Gasteiger partial charge in [-0.2, -0.15) is 0 Å². The highest BCUT2D eigenvalue weighted by Gasteiger charge is 2.11. The summed E-state index contributed by atoms with van der Waals surface area (Å²) in [4.78, 5) is 35.2. The lowest BCUT2D eigenvalue weighted by Crippen LogP contribution is -2.31. The Bertz CT molecular complexity index is 747. The molecular weight excluding hydrogens is 335 g/mol. The number of esters is 1. The fourth-order valence-electron chi connectivity index (χ4n) is 1.71. The number of benzene rings is 1. The fraction of sp³-hybridized carbons (Fsp3) is 0.188. The predicted octanol–water partition coefficient (Wildman–Crippen LogP) is 2.11. The number of ether oxygens (including phenoxy) is 1. The maximum Gasteiger partial charge on any atom is 0.325 e. The molecule has 0 aliphatic heterocycles. The summed E-state index contributed by atoms with van der Waals surface area (Å²) in [5, 5.41) is 6.54. The molecule has 0 bridgehead atoms. The summed E-state index contributed by atoms with van der Waals surface area (Å²) in [6, 6.07) is 7.59. The monoisotopic (exact) mass is 350 g/mol. The Balaban J connectivity index is 1.72. The molecule has 0 saturated heterocycles. The van der Waals surface area contributed by atoms with Crippen molar-refractivity contribution in [3.05, 3.63) is 52.0 Å². The summed E-state index contributed by atoms with van der Waals surface area (Å²) in [5.74, 6) is -2.18. The molecule has 1 aromatic carbocycles. The number of carbonyl (C=O) groups is 3. The normalized spacial score (nSPS) is 10.1. The number of carbonyl (C=O) groups excluding carboxylic acids is 3. The van der Waals surface area contributed by atoms with Crippen LogP contribution in [-0.2, 0) is 14.3 Å². The van der Waals surface area contributed by atoms with Crippen molar-refractivity contribution in [2.24, 2.45) is 0 Å². The van der Waals surface area contributed by atoms with Crippen LogP contribution in [0.25, 0.3) is 0 Å². The van der Waals surface area contributed by atoms with Crippen molar-refractivity contribution in [2.75, 3.05) is 18.5 Å². The van der Waals surface area contributed by atoms with Gasteiger partial charge in [0.15, 0.2) is 6.61 Å². The van der Waals surface area contributed by atoms with E-state index in [2.05, 4.69) is 10.6 Å². The first kappa shape index (κ1) is 17.6. The number of anilines is 1. The van der Waals surface area contributed by atoms with Crippen LogP contribution in [0.4, 0.5) is 10.1 Å². The molecule has 2 N–H and O–H groups in total. The van der Waals surface area contributed by atoms with E-state index in [1.807, 2.05) is 0 Å². The number of thiophene rings is 1. The molecule has 2 amide bonds. The molecule has 0 fully saturated rings. The minimum absolute atomic E-state index is 0.269. The third kappa shape index (κ3) is 5.17. The molecule has 0 unspecified atom stereocenters. The van der Waals surface area contributed by atoms with E-state index in [-0.39, 0.29) is 18.1 Å². The largest absolute Gasteiger partial charge is 0.454 e. The van der Waals surface area contributed by atoms with Crippen LogP contribution in [0, 0.1) is 12.7 Å². The van der Waals surface area contributed by atoms with Gasteiger partial charge >= 0.3 is 5.97 Å². The second-order valence-corrected chi connectivity index (χ2v) is 5.78. The third-order valence-electron chi connectivity index (χ3n) is 2.96. The number of nitrogens with one attached hydrogen (secondary N) is 2. The van der Waals surface area contributed by atoms with Crippen LogP contribution in [0.3, 0.4) is 0 Å². The summed E-state index contributed by atoms with van der Waals surface area (Å²) < 4.78 is 18.1. The van der Waals surface area contributed by atoms with Crippen LogP contribution >= 0.6 is 11.3 Å². The topological polar surface area (TPSA) is 84.5 Å². The quantitative estimate of drug-likeness (QED) is 0.782. The number of halogens is 1. The lowest BCUT2D eigenvalue weighted by Gasteiger charge is -2.08. The molecule has 6 nitrogen and oxygen atoms in total. The lowest BCUT2D eigenvalue weighted by atomic mass is 10.2. The van der Waals surface area contributed by atoms with Gasteiger partial charge in [0.25, 0.3) is 11.8 Å². The van der Waals surface area contributed by atoms with Gasteiger partial charge < -0.3 is 15.4 Å². The summed E-state index contributed by atoms with van der Waals surface area (Å²) in [7, 11) is 0. The van der Waals surface area contributed by atoms with E-state index in [4.69, 9.17) is 4.74 Å². The van der Waals surface area contributed by atoms with E-state index >= 15 is 0 Å². The average molecular weight is 350 g/mol. The maximum absolute atomic E-state index is 13.4. The van der Waals surface area contributed by atoms with Crippen molar-refractivity contribution in [2.45, 2.75) is 6.92 Å². The Morgan fingerprint density at radius 2 is 2.04 bits per heavy atom. The molecule has 0 atom stereocenters. The lowest BCUT2D eigenvalue weighted by molar-refractivity contribution is -0.146. The Kier molecular flexibility index (Phi) is 6.02. The first-order valence-corrected chi connectivity index (χ1v) is 7.87. The SMILES string of the molecule is Cc1ccc(NC(=O)COC(=O)CNC(=O)c2cccs2)cc1F. The van der Waals surface area contributed by atoms with Crippen LogP contribution in [0.1, 0.15) is 15.2 Å². The van der Waals surface area contributed by atoms with Crippen LogP contribution in [-0.4, -0.2) is 30.9 Å². The molecular formula is C16H15FN2O4S. The Labute approximate surface area is 141 Å². The zero-order valence-corrected chi connectivity index (χ0v) is 13.6. The summed E-state index contributed by atoms with van der Waals surface area (Å²) in [6.07, 6.45) is 0. The summed E-state index contributed by atoms with van der Waals surface area (Å²) in [5.41, 5.74) is 0.728.